The zero-order valence-corrected chi connectivity index (χ0v) is 13.1. The van der Waals surface area contributed by atoms with Crippen molar-refractivity contribution in [1.29, 1.82) is 0 Å². The lowest BCUT2D eigenvalue weighted by Gasteiger charge is -2.35. The second kappa shape index (κ2) is 7.11. The van der Waals surface area contributed by atoms with Crippen LogP contribution in [0.3, 0.4) is 0 Å². The zero-order valence-electron chi connectivity index (χ0n) is 12.4. The van der Waals surface area contributed by atoms with Crippen molar-refractivity contribution in [3.05, 3.63) is 23.2 Å². The van der Waals surface area contributed by atoms with E-state index < -0.39 is 5.41 Å². The summed E-state index contributed by atoms with van der Waals surface area (Å²) in [6.45, 7) is 2.02. The molecule has 116 valence electrons. The molecule has 1 fully saturated rings. The summed E-state index contributed by atoms with van der Waals surface area (Å²) >= 11 is 6.14. The maximum absolute atomic E-state index is 12.7. The number of nitrogens with one attached hydrogen (secondary N) is 2. The molecule has 0 aromatic heterocycles. The monoisotopic (exact) mass is 312 g/mol. The quantitative estimate of drug-likeness (QED) is 0.876. The number of ether oxygens (including phenoxy) is 2. The molecular formula is C15H21ClN2O3. The van der Waals surface area contributed by atoms with E-state index in [9.17, 15) is 4.79 Å². The number of halogens is 1. The smallest absolute Gasteiger partial charge is 0.233 e. The summed E-state index contributed by atoms with van der Waals surface area (Å²) in [5, 5.41) is 6.68. The van der Waals surface area contributed by atoms with E-state index in [1.807, 2.05) is 0 Å². The number of benzene rings is 1. The highest BCUT2D eigenvalue weighted by Crippen LogP contribution is 2.33. The van der Waals surface area contributed by atoms with Gasteiger partial charge in [0.25, 0.3) is 0 Å². The van der Waals surface area contributed by atoms with Crippen LogP contribution in [0.15, 0.2) is 18.2 Å². The maximum atomic E-state index is 12.7. The van der Waals surface area contributed by atoms with Crippen LogP contribution >= 0.6 is 11.6 Å². The first kappa shape index (κ1) is 16.1. The minimum atomic E-state index is -0.508. The third kappa shape index (κ3) is 3.67. The SMILES string of the molecule is COCC1(C(=O)Nc2cc(OC)ccc2Cl)CCNCC1. The van der Waals surface area contributed by atoms with Gasteiger partial charge >= 0.3 is 0 Å². The van der Waals surface area contributed by atoms with Crippen LogP contribution in [0, 0.1) is 5.41 Å². The Hall–Kier alpha value is -1.30. The van der Waals surface area contributed by atoms with E-state index in [1.165, 1.54) is 0 Å². The largest absolute Gasteiger partial charge is 0.497 e. The number of anilines is 1. The van der Waals surface area contributed by atoms with Crippen LogP contribution in [-0.4, -0.2) is 39.8 Å². The zero-order chi connectivity index (χ0) is 15.3. The van der Waals surface area contributed by atoms with Gasteiger partial charge in [-0.2, -0.15) is 0 Å². The Bertz CT molecular complexity index is 496. The third-order valence-electron chi connectivity index (χ3n) is 3.88. The Kier molecular flexibility index (Phi) is 5.45. The van der Waals surface area contributed by atoms with E-state index in [-0.39, 0.29) is 5.91 Å². The van der Waals surface area contributed by atoms with Crippen LogP contribution in [0.2, 0.25) is 5.02 Å². The van der Waals surface area contributed by atoms with E-state index in [2.05, 4.69) is 10.6 Å². The minimum absolute atomic E-state index is 0.0546. The van der Waals surface area contributed by atoms with Gasteiger partial charge in [0, 0.05) is 13.2 Å². The summed E-state index contributed by atoms with van der Waals surface area (Å²) in [6.07, 6.45) is 1.49. The maximum Gasteiger partial charge on any atom is 0.233 e. The molecule has 0 spiro atoms. The molecule has 21 heavy (non-hydrogen) atoms. The molecule has 5 nitrogen and oxygen atoms in total. The Morgan fingerprint density at radius 1 is 1.38 bits per heavy atom. The van der Waals surface area contributed by atoms with Gasteiger partial charge in [-0.3, -0.25) is 4.79 Å². The van der Waals surface area contributed by atoms with Gasteiger partial charge < -0.3 is 20.1 Å². The van der Waals surface area contributed by atoms with E-state index in [0.29, 0.717) is 23.1 Å². The van der Waals surface area contributed by atoms with Crippen LogP contribution in [0.4, 0.5) is 5.69 Å². The molecule has 0 atom stereocenters. The van der Waals surface area contributed by atoms with Crippen molar-refractivity contribution >= 4 is 23.2 Å². The standard InChI is InChI=1S/C15H21ClN2O3/c1-20-10-15(5-7-17-8-6-15)14(19)18-13-9-11(21-2)3-4-12(13)16/h3-4,9,17H,5-8,10H2,1-2H3,(H,18,19). The lowest BCUT2D eigenvalue weighted by molar-refractivity contribution is -0.130. The predicted octanol–water partition coefficient (Wildman–Crippen LogP) is 2.30. The first-order valence-corrected chi connectivity index (χ1v) is 7.34. The number of methoxy groups -OCH3 is 2. The Morgan fingerprint density at radius 3 is 2.71 bits per heavy atom. The topological polar surface area (TPSA) is 59.6 Å². The van der Waals surface area contributed by atoms with E-state index >= 15 is 0 Å². The number of hydrogen-bond donors (Lipinski definition) is 2. The highest BCUT2D eigenvalue weighted by molar-refractivity contribution is 6.33. The molecule has 0 radical (unpaired) electrons. The fourth-order valence-corrected chi connectivity index (χ4v) is 2.77. The summed E-state index contributed by atoms with van der Waals surface area (Å²) in [4.78, 5) is 12.7. The summed E-state index contributed by atoms with van der Waals surface area (Å²) in [5.41, 5.74) is 0.0573. The number of carbonyl (C=O) groups is 1. The summed E-state index contributed by atoms with van der Waals surface area (Å²) < 4.78 is 10.4. The van der Waals surface area contributed by atoms with Gasteiger partial charge in [-0.25, -0.2) is 0 Å². The molecule has 0 saturated carbocycles. The molecule has 1 aromatic rings. The summed E-state index contributed by atoms with van der Waals surface area (Å²) in [5.74, 6) is 0.599. The van der Waals surface area contributed by atoms with Crippen LogP contribution in [0.5, 0.6) is 5.75 Å². The first-order chi connectivity index (χ1) is 10.1. The molecule has 1 aliphatic heterocycles. The molecule has 0 aliphatic carbocycles. The molecule has 2 rings (SSSR count). The lowest BCUT2D eigenvalue weighted by Crippen LogP contribution is -2.47. The average molecular weight is 313 g/mol. The lowest BCUT2D eigenvalue weighted by atomic mass is 9.78. The van der Waals surface area contributed by atoms with Crippen molar-refractivity contribution in [2.45, 2.75) is 12.8 Å². The molecule has 6 heteroatoms. The molecule has 0 unspecified atom stereocenters. The first-order valence-electron chi connectivity index (χ1n) is 6.96. The number of amides is 1. The molecule has 1 heterocycles. The van der Waals surface area contributed by atoms with Crippen molar-refractivity contribution in [2.24, 2.45) is 5.41 Å². The fraction of sp³-hybridized carbons (Fsp3) is 0.533. The third-order valence-corrected chi connectivity index (χ3v) is 4.21. The second-order valence-corrected chi connectivity index (χ2v) is 5.67. The van der Waals surface area contributed by atoms with Crippen LogP contribution in [0.1, 0.15) is 12.8 Å². The predicted molar refractivity (Wildman–Crippen MR) is 83.0 cm³/mol. The van der Waals surface area contributed by atoms with Gasteiger partial charge in [-0.1, -0.05) is 11.6 Å². The number of hydrogen-bond acceptors (Lipinski definition) is 4. The van der Waals surface area contributed by atoms with Crippen molar-refractivity contribution in [2.75, 3.05) is 39.2 Å². The normalized spacial score (nSPS) is 17.3. The highest BCUT2D eigenvalue weighted by atomic mass is 35.5. The number of rotatable bonds is 5. The molecule has 1 saturated heterocycles. The van der Waals surface area contributed by atoms with Crippen LogP contribution in [-0.2, 0) is 9.53 Å². The molecule has 1 amide bonds. The molecular weight excluding hydrogens is 292 g/mol. The summed E-state index contributed by atoms with van der Waals surface area (Å²) in [7, 11) is 3.20. The van der Waals surface area contributed by atoms with E-state index in [1.54, 1.807) is 32.4 Å². The van der Waals surface area contributed by atoms with Crippen molar-refractivity contribution in [3.8, 4) is 5.75 Å². The molecule has 1 aliphatic rings. The number of carbonyl (C=O) groups excluding carboxylic acids is 1. The van der Waals surface area contributed by atoms with Gasteiger partial charge in [0.2, 0.25) is 5.91 Å². The van der Waals surface area contributed by atoms with Gasteiger partial charge in [-0.15, -0.1) is 0 Å². The van der Waals surface area contributed by atoms with Crippen LogP contribution in [0.25, 0.3) is 0 Å². The van der Waals surface area contributed by atoms with Gasteiger partial charge in [0.1, 0.15) is 5.75 Å². The number of piperidine rings is 1. The van der Waals surface area contributed by atoms with Crippen molar-refractivity contribution in [1.82, 2.24) is 5.32 Å². The van der Waals surface area contributed by atoms with Crippen molar-refractivity contribution in [3.63, 3.8) is 0 Å². The van der Waals surface area contributed by atoms with E-state index in [0.717, 1.165) is 25.9 Å². The Labute approximate surface area is 130 Å². The van der Waals surface area contributed by atoms with E-state index in [4.69, 9.17) is 21.1 Å². The fourth-order valence-electron chi connectivity index (χ4n) is 2.60. The highest BCUT2D eigenvalue weighted by Gasteiger charge is 2.39. The summed E-state index contributed by atoms with van der Waals surface area (Å²) in [6, 6.07) is 5.19. The van der Waals surface area contributed by atoms with Gasteiger partial charge in [0.05, 0.1) is 29.8 Å². The molecule has 0 bridgehead atoms. The van der Waals surface area contributed by atoms with Gasteiger partial charge in [-0.05, 0) is 38.1 Å². The molecule has 1 aromatic carbocycles. The average Bonchev–Trinajstić information content (AvgIpc) is 2.50. The molecule has 2 N–H and O–H groups in total. The second-order valence-electron chi connectivity index (χ2n) is 5.26. The van der Waals surface area contributed by atoms with Crippen molar-refractivity contribution < 1.29 is 14.3 Å². The Balaban J connectivity index is 2.18. The Morgan fingerprint density at radius 2 is 2.10 bits per heavy atom. The van der Waals surface area contributed by atoms with Crippen LogP contribution < -0.4 is 15.4 Å². The minimum Gasteiger partial charge on any atom is -0.497 e. The van der Waals surface area contributed by atoms with Gasteiger partial charge in [0.15, 0.2) is 0 Å².